The van der Waals surface area contributed by atoms with Gasteiger partial charge in [0.25, 0.3) is 5.56 Å². The Morgan fingerprint density at radius 3 is 2.73 bits per heavy atom. The predicted octanol–water partition coefficient (Wildman–Crippen LogP) is 3.44. The molecule has 0 amide bonds. The molecule has 1 rings (SSSR count). The number of hydrogen-bond acceptors (Lipinski definition) is 5. The second-order valence-corrected chi connectivity index (χ2v) is 5.33. The van der Waals surface area contributed by atoms with Crippen LogP contribution in [0, 0.1) is 10.8 Å². The number of nitrogens with zero attached hydrogens (tertiary/aromatic N) is 1. The Labute approximate surface area is 134 Å². The molecule has 1 aromatic rings. The van der Waals surface area contributed by atoms with Crippen molar-refractivity contribution in [1.82, 2.24) is 9.97 Å². The number of hydrogen-bond donors (Lipinski definition) is 3. The largest absolute Gasteiger partial charge is 0.449 e. The highest BCUT2D eigenvalue weighted by atomic mass is 35.5. The normalized spacial score (nSPS) is 10.3. The lowest BCUT2D eigenvalue weighted by Crippen LogP contribution is -2.17. The third-order valence-electron chi connectivity index (χ3n) is 3.09. The van der Waals surface area contributed by atoms with Crippen molar-refractivity contribution >= 4 is 23.7 Å². The van der Waals surface area contributed by atoms with Gasteiger partial charge in [0.15, 0.2) is 5.90 Å². The molecule has 0 aliphatic carbocycles. The van der Waals surface area contributed by atoms with Crippen molar-refractivity contribution in [2.45, 2.75) is 45.4 Å². The van der Waals surface area contributed by atoms with Crippen LogP contribution in [0.5, 0.6) is 0 Å². The lowest BCUT2D eigenvalue weighted by Gasteiger charge is -2.07. The van der Waals surface area contributed by atoms with Crippen LogP contribution in [0.3, 0.4) is 0 Å². The number of aromatic amines is 1. The molecule has 0 fully saturated rings. The van der Waals surface area contributed by atoms with Crippen LogP contribution >= 0.6 is 11.6 Å². The van der Waals surface area contributed by atoms with Gasteiger partial charge in [0.05, 0.1) is 11.5 Å². The van der Waals surface area contributed by atoms with Crippen molar-refractivity contribution in [2.75, 3.05) is 0 Å². The molecule has 3 N–H and O–H groups in total. The van der Waals surface area contributed by atoms with Gasteiger partial charge in [-0.25, -0.2) is 4.98 Å². The van der Waals surface area contributed by atoms with Crippen LogP contribution in [0.4, 0.5) is 0 Å². The lowest BCUT2D eigenvalue weighted by atomic mass is 10.1. The maximum atomic E-state index is 11.8. The zero-order chi connectivity index (χ0) is 16.5. The molecule has 6 nitrogen and oxygen atoms in total. The van der Waals surface area contributed by atoms with E-state index in [1.54, 1.807) is 6.92 Å². The summed E-state index contributed by atoms with van der Waals surface area (Å²) < 4.78 is 5.08. The van der Waals surface area contributed by atoms with Crippen LogP contribution in [0.15, 0.2) is 17.1 Å². The topological polar surface area (TPSA) is 103 Å². The summed E-state index contributed by atoms with van der Waals surface area (Å²) in [6.45, 7) is 5.32. The first-order valence-electron chi connectivity index (χ1n) is 7.14. The van der Waals surface area contributed by atoms with E-state index in [2.05, 4.69) is 16.5 Å². The first-order chi connectivity index (χ1) is 10.4. The van der Waals surface area contributed by atoms with Crippen molar-refractivity contribution in [2.24, 2.45) is 0 Å². The van der Waals surface area contributed by atoms with Crippen molar-refractivity contribution in [3.8, 4) is 0 Å². The zero-order valence-corrected chi connectivity index (χ0v) is 13.4. The molecule has 0 spiro atoms. The second kappa shape index (κ2) is 9.15. The molecule has 0 radical (unpaired) electrons. The maximum Gasteiger partial charge on any atom is 0.255 e. The zero-order valence-electron chi connectivity index (χ0n) is 12.7. The van der Waals surface area contributed by atoms with E-state index in [0.29, 0.717) is 23.4 Å². The Morgan fingerprint density at radius 2 is 2.09 bits per heavy atom. The fourth-order valence-electron chi connectivity index (χ4n) is 2.09. The highest BCUT2D eigenvalue weighted by Crippen LogP contribution is 2.12. The van der Waals surface area contributed by atoms with Crippen LogP contribution in [0.2, 0.25) is 5.28 Å². The van der Waals surface area contributed by atoms with E-state index in [9.17, 15) is 4.79 Å². The Hall–Kier alpha value is -1.95. The standard InChI is InChI=1S/C15H21ClN4O2/c1-10(22-11(2)18)7-5-3-4-6-8-12-13(9-17)19-15(16)20-14(12)21/h9,17-18H,1,3-8H2,2H3,(H,19,20,21). The SMILES string of the molecule is C=C(CCCCCCc1c(C=N)nc(Cl)[nH]c1=O)OC(C)=N. The summed E-state index contributed by atoms with van der Waals surface area (Å²) in [4.78, 5) is 18.2. The molecule has 0 bridgehead atoms. The molecule has 0 saturated carbocycles. The highest BCUT2D eigenvalue weighted by molar-refractivity contribution is 6.28. The number of unbranched alkanes of at least 4 members (excludes halogenated alkanes) is 3. The molecule has 0 saturated heterocycles. The van der Waals surface area contributed by atoms with Gasteiger partial charge in [-0.3, -0.25) is 15.2 Å². The fourth-order valence-corrected chi connectivity index (χ4v) is 2.27. The molecule has 0 unspecified atom stereocenters. The lowest BCUT2D eigenvalue weighted by molar-refractivity contribution is 0.382. The molecule has 22 heavy (non-hydrogen) atoms. The third-order valence-corrected chi connectivity index (χ3v) is 3.26. The summed E-state index contributed by atoms with van der Waals surface area (Å²) in [6.07, 6.45) is 6.06. The van der Waals surface area contributed by atoms with Crippen LogP contribution in [0.25, 0.3) is 0 Å². The van der Waals surface area contributed by atoms with Gasteiger partial charge in [-0.05, 0) is 30.9 Å². The van der Waals surface area contributed by atoms with Gasteiger partial charge in [0.1, 0.15) is 0 Å². The van der Waals surface area contributed by atoms with Gasteiger partial charge in [-0.15, -0.1) is 0 Å². The second-order valence-electron chi connectivity index (χ2n) is 4.98. The number of ether oxygens (including phenoxy) is 1. The number of H-pyrrole nitrogens is 1. The Bertz CT molecular complexity index is 610. The minimum atomic E-state index is -0.276. The van der Waals surface area contributed by atoms with Crippen molar-refractivity contribution in [3.63, 3.8) is 0 Å². The van der Waals surface area contributed by atoms with Gasteiger partial charge in [-0.1, -0.05) is 19.4 Å². The average Bonchev–Trinajstić information content (AvgIpc) is 2.42. The van der Waals surface area contributed by atoms with E-state index < -0.39 is 0 Å². The Morgan fingerprint density at radius 1 is 1.41 bits per heavy atom. The van der Waals surface area contributed by atoms with E-state index in [1.165, 1.54) is 0 Å². The number of nitrogens with one attached hydrogen (secondary N) is 3. The van der Waals surface area contributed by atoms with E-state index >= 15 is 0 Å². The number of aromatic nitrogens is 2. The minimum absolute atomic E-state index is 0.00672. The molecule has 1 aromatic heterocycles. The number of rotatable bonds is 9. The molecule has 0 aromatic carbocycles. The van der Waals surface area contributed by atoms with Gasteiger partial charge in [0, 0.05) is 25.1 Å². The Balaban J connectivity index is 2.34. The maximum absolute atomic E-state index is 11.8. The number of allylic oxidation sites excluding steroid dienone is 1. The van der Waals surface area contributed by atoms with Crippen LogP contribution in [0.1, 0.15) is 50.3 Å². The van der Waals surface area contributed by atoms with Gasteiger partial charge in [-0.2, -0.15) is 0 Å². The van der Waals surface area contributed by atoms with E-state index in [4.69, 9.17) is 27.2 Å². The van der Waals surface area contributed by atoms with Crippen molar-refractivity contribution in [1.29, 1.82) is 10.8 Å². The first kappa shape index (κ1) is 18.1. The summed E-state index contributed by atoms with van der Waals surface area (Å²) in [7, 11) is 0. The molecule has 0 aliphatic heterocycles. The summed E-state index contributed by atoms with van der Waals surface area (Å²) >= 11 is 5.66. The molecular weight excluding hydrogens is 304 g/mol. The molecule has 1 heterocycles. The molecule has 0 aliphatic rings. The van der Waals surface area contributed by atoms with Crippen molar-refractivity contribution in [3.05, 3.63) is 39.2 Å². The van der Waals surface area contributed by atoms with Crippen LogP contribution in [-0.4, -0.2) is 22.1 Å². The summed E-state index contributed by atoms with van der Waals surface area (Å²) in [5.41, 5.74) is 0.560. The predicted molar refractivity (Wildman–Crippen MR) is 88.2 cm³/mol. The minimum Gasteiger partial charge on any atom is -0.449 e. The van der Waals surface area contributed by atoms with Gasteiger partial charge in [0.2, 0.25) is 5.28 Å². The molecule has 7 heteroatoms. The summed E-state index contributed by atoms with van der Waals surface area (Å²) in [5, 5.41) is 14.5. The molecular formula is C15H21ClN4O2. The summed E-state index contributed by atoms with van der Waals surface area (Å²) in [5.74, 6) is 0.760. The van der Waals surface area contributed by atoms with E-state index in [-0.39, 0.29) is 16.7 Å². The fraction of sp³-hybridized carbons (Fsp3) is 0.467. The Kier molecular flexibility index (Phi) is 7.52. The van der Waals surface area contributed by atoms with E-state index in [0.717, 1.165) is 38.3 Å². The average molecular weight is 325 g/mol. The highest BCUT2D eigenvalue weighted by Gasteiger charge is 2.08. The van der Waals surface area contributed by atoms with Crippen LogP contribution < -0.4 is 5.56 Å². The number of halogens is 1. The summed E-state index contributed by atoms with van der Waals surface area (Å²) in [6, 6.07) is 0. The van der Waals surface area contributed by atoms with Gasteiger partial charge < -0.3 is 10.1 Å². The third kappa shape index (κ3) is 6.22. The van der Waals surface area contributed by atoms with Crippen molar-refractivity contribution < 1.29 is 4.74 Å². The monoisotopic (exact) mass is 324 g/mol. The smallest absolute Gasteiger partial charge is 0.255 e. The van der Waals surface area contributed by atoms with Crippen LogP contribution in [-0.2, 0) is 11.2 Å². The van der Waals surface area contributed by atoms with E-state index in [1.807, 2.05) is 0 Å². The van der Waals surface area contributed by atoms with Gasteiger partial charge >= 0.3 is 0 Å². The first-order valence-corrected chi connectivity index (χ1v) is 7.51. The molecule has 120 valence electrons. The molecule has 0 atom stereocenters. The quantitative estimate of drug-likeness (QED) is 0.213.